The number of hydrogen-bond acceptors (Lipinski definition) is 4. The quantitative estimate of drug-likeness (QED) is 0.613. The molecule has 1 aromatic rings. The average molecular weight is 359 g/mol. The molecule has 0 bridgehead atoms. The largest absolute Gasteiger partial charge is 0.309 e. The number of thioether (sulfide) groups is 1. The Morgan fingerprint density at radius 2 is 2.30 bits per heavy atom. The van der Waals surface area contributed by atoms with E-state index >= 15 is 0 Å². The SMILES string of the molecule is CCSC1CCCC1NCc1ccc([N+](=O)[O-])cc1Br. The van der Waals surface area contributed by atoms with Crippen LogP contribution in [-0.4, -0.2) is 22.0 Å². The third-order valence-electron chi connectivity index (χ3n) is 3.64. The van der Waals surface area contributed by atoms with Crippen molar-refractivity contribution >= 4 is 33.4 Å². The molecule has 20 heavy (non-hydrogen) atoms. The van der Waals surface area contributed by atoms with Crippen LogP contribution in [-0.2, 0) is 6.54 Å². The number of benzene rings is 1. The third-order valence-corrected chi connectivity index (χ3v) is 5.70. The first-order valence-electron chi connectivity index (χ1n) is 6.89. The summed E-state index contributed by atoms with van der Waals surface area (Å²) in [4.78, 5) is 10.3. The van der Waals surface area contributed by atoms with Gasteiger partial charge in [-0.05, 0) is 30.2 Å². The van der Waals surface area contributed by atoms with Gasteiger partial charge in [0.05, 0.1) is 4.92 Å². The minimum absolute atomic E-state index is 0.126. The van der Waals surface area contributed by atoms with E-state index in [0.29, 0.717) is 11.3 Å². The second-order valence-electron chi connectivity index (χ2n) is 4.94. The summed E-state index contributed by atoms with van der Waals surface area (Å²) in [5, 5.41) is 15.0. The molecule has 110 valence electrons. The summed E-state index contributed by atoms with van der Waals surface area (Å²) in [5.74, 6) is 1.16. The minimum atomic E-state index is -0.368. The van der Waals surface area contributed by atoms with Crippen molar-refractivity contribution in [2.45, 2.75) is 44.0 Å². The van der Waals surface area contributed by atoms with Crippen molar-refractivity contribution in [2.75, 3.05) is 5.75 Å². The van der Waals surface area contributed by atoms with Crippen LogP contribution in [0.4, 0.5) is 5.69 Å². The molecular weight excluding hydrogens is 340 g/mol. The molecule has 2 atom stereocenters. The molecule has 1 saturated carbocycles. The van der Waals surface area contributed by atoms with Crippen LogP contribution in [0, 0.1) is 10.1 Å². The van der Waals surface area contributed by atoms with Crippen LogP contribution in [0.3, 0.4) is 0 Å². The molecule has 0 spiro atoms. The number of nitrogens with one attached hydrogen (secondary N) is 1. The Labute approximate surface area is 132 Å². The highest BCUT2D eigenvalue weighted by atomic mass is 79.9. The van der Waals surface area contributed by atoms with Gasteiger partial charge < -0.3 is 5.32 Å². The van der Waals surface area contributed by atoms with Crippen LogP contribution in [0.2, 0.25) is 0 Å². The van der Waals surface area contributed by atoms with Crippen molar-refractivity contribution in [1.29, 1.82) is 0 Å². The summed E-state index contributed by atoms with van der Waals surface area (Å²) in [5.41, 5.74) is 1.20. The fraction of sp³-hybridized carbons (Fsp3) is 0.571. The van der Waals surface area contributed by atoms with E-state index in [1.54, 1.807) is 12.1 Å². The highest BCUT2D eigenvalue weighted by Crippen LogP contribution is 2.30. The summed E-state index contributed by atoms with van der Waals surface area (Å²) >= 11 is 5.45. The van der Waals surface area contributed by atoms with Gasteiger partial charge in [-0.2, -0.15) is 11.8 Å². The molecule has 2 unspecified atom stereocenters. The van der Waals surface area contributed by atoms with Crippen molar-refractivity contribution in [3.05, 3.63) is 38.3 Å². The molecule has 0 radical (unpaired) electrons. The number of nitro benzene ring substituents is 1. The first-order valence-corrected chi connectivity index (χ1v) is 8.73. The van der Waals surface area contributed by atoms with Crippen LogP contribution in [0.25, 0.3) is 0 Å². The Morgan fingerprint density at radius 1 is 1.50 bits per heavy atom. The smallest absolute Gasteiger partial charge is 0.270 e. The van der Waals surface area contributed by atoms with E-state index in [1.165, 1.54) is 19.3 Å². The summed E-state index contributed by atoms with van der Waals surface area (Å²) in [6.45, 7) is 2.96. The Balaban J connectivity index is 1.95. The number of halogens is 1. The summed E-state index contributed by atoms with van der Waals surface area (Å²) in [7, 11) is 0. The predicted molar refractivity (Wildman–Crippen MR) is 87.2 cm³/mol. The van der Waals surface area contributed by atoms with E-state index in [1.807, 2.05) is 17.8 Å². The molecule has 1 fully saturated rings. The number of rotatable bonds is 6. The van der Waals surface area contributed by atoms with E-state index in [0.717, 1.165) is 22.3 Å². The van der Waals surface area contributed by atoms with Gasteiger partial charge in [0.25, 0.3) is 5.69 Å². The van der Waals surface area contributed by atoms with Gasteiger partial charge in [0.15, 0.2) is 0 Å². The highest BCUT2D eigenvalue weighted by Gasteiger charge is 2.26. The van der Waals surface area contributed by atoms with Crippen LogP contribution in [0.1, 0.15) is 31.7 Å². The Hall–Kier alpha value is -0.590. The Kier molecular flexibility index (Phi) is 5.86. The van der Waals surface area contributed by atoms with Gasteiger partial charge in [0.1, 0.15) is 0 Å². The highest BCUT2D eigenvalue weighted by molar-refractivity contribution is 9.10. The molecule has 0 heterocycles. The van der Waals surface area contributed by atoms with Gasteiger partial charge >= 0.3 is 0 Å². The van der Waals surface area contributed by atoms with Gasteiger partial charge in [-0.15, -0.1) is 0 Å². The average Bonchev–Trinajstić information content (AvgIpc) is 2.85. The maximum Gasteiger partial charge on any atom is 0.270 e. The van der Waals surface area contributed by atoms with Crippen molar-refractivity contribution in [3.63, 3.8) is 0 Å². The standard InChI is InChI=1S/C14H19BrN2O2S/c1-2-20-14-5-3-4-13(14)16-9-10-6-7-11(17(18)19)8-12(10)15/h6-8,13-14,16H,2-5,9H2,1H3. The van der Waals surface area contributed by atoms with E-state index in [2.05, 4.69) is 28.2 Å². The van der Waals surface area contributed by atoms with Crippen molar-refractivity contribution in [2.24, 2.45) is 0 Å². The molecule has 0 aromatic heterocycles. The predicted octanol–water partition coefficient (Wildman–Crippen LogP) is 4.12. The summed E-state index contributed by atoms with van der Waals surface area (Å²) < 4.78 is 0.803. The van der Waals surface area contributed by atoms with Crippen LogP contribution in [0.15, 0.2) is 22.7 Å². The second-order valence-corrected chi connectivity index (χ2v) is 7.32. The molecule has 2 rings (SSSR count). The normalized spacial score (nSPS) is 22.1. The molecule has 1 aromatic carbocycles. The Morgan fingerprint density at radius 3 is 2.95 bits per heavy atom. The molecule has 0 saturated heterocycles. The molecule has 1 aliphatic rings. The first kappa shape index (κ1) is 15.8. The molecule has 1 N–H and O–H groups in total. The topological polar surface area (TPSA) is 55.2 Å². The lowest BCUT2D eigenvalue weighted by Crippen LogP contribution is -2.33. The zero-order valence-electron chi connectivity index (χ0n) is 11.5. The van der Waals surface area contributed by atoms with Crippen LogP contribution >= 0.6 is 27.7 Å². The van der Waals surface area contributed by atoms with E-state index < -0.39 is 0 Å². The molecular formula is C14H19BrN2O2S. The van der Waals surface area contributed by atoms with E-state index in [9.17, 15) is 10.1 Å². The third kappa shape index (κ3) is 3.96. The molecule has 4 nitrogen and oxygen atoms in total. The van der Waals surface area contributed by atoms with Crippen molar-refractivity contribution in [1.82, 2.24) is 5.32 Å². The van der Waals surface area contributed by atoms with Crippen molar-refractivity contribution in [3.8, 4) is 0 Å². The van der Waals surface area contributed by atoms with Gasteiger partial charge in [-0.25, -0.2) is 0 Å². The summed E-state index contributed by atoms with van der Waals surface area (Å²) in [6, 6.07) is 5.52. The fourth-order valence-electron chi connectivity index (χ4n) is 2.61. The number of nitro groups is 1. The second kappa shape index (κ2) is 7.43. The number of non-ortho nitro benzene ring substituents is 1. The zero-order valence-corrected chi connectivity index (χ0v) is 13.9. The van der Waals surface area contributed by atoms with Gasteiger partial charge in [0.2, 0.25) is 0 Å². The summed E-state index contributed by atoms with van der Waals surface area (Å²) in [6.07, 6.45) is 3.80. The lowest BCUT2D eigenvalue weighted by molar-refractivity contribution is -0.384. The zero-order chi connectivity index (χ0) is 14.5. The van der Waals surface area contributed by atoms with E-state index in [4.69, 9.17) is 0 Å². The van der Waals surface area contributed by atoms with Gasteiger partial charge in [-0.3, -0.25) is 10.1 Å². The monoisotopic (exact) mass is 358 g/mol. The minimum Gasteiger partial charge on any atom is -0.309 e. The van der Waals surface area contributed by atoms with E-state index in [-0.39, 0.29) is 10.6 Å². The maximum atomic E-state index is 10.7. The maximum absolute atomic E-state index is 10.7. The Bertz CT molecular complexity index is 484. The fourth-order valence-corrected chi connectivity index (χ4v) is 4.34. The van der Waals surface area contributed by atoms with Gasteiger partial charge in [0, 0.05) is 34.4 Å². The molecule has 1 aliphatic carbocycles. The number of nitrogens with zero attached hydrogens (tertiary/aromatic N) is 1. The molecule has 0 amide bonds. The molecule has 0 aliphatic heterocycles. The molecule has 6 heteroatoms. The van der Waals surface area contributed by atoms with Crippen LogP contribution < -0.4 is 5.32 Å². The lowest BCUT2D eigenvalue weighted by atomic mass is 10.2. The van der Waals surface area contributed by atoms with Gasteiger partial charge in [-0.1, -0.05) is 29.3 Å². The van der Waals surface area contributed by atoms with Crippen molar-refractivity contribution < 1.29 is 4.92 Å². The lowest BCUT2D eigenvalue weighted by Gasteiger charge is -2.20. The number of hydrogen-bond donors (Lipinski definition) is 1. The first-order chi connectivity index (χ1) is 9.61. The van der Waals surface area contributed by atoms with Crippen LogP contribution in [0.5, 0.6) is 0 Å².